The number of amides is 1. The Morgan fingerprint density at radius 1 is 1.35 bits per heavy atom. The summed E-state index contributed by atoms with van der Waals surface area (Å²) in [5.41, 5.74) is 6.86. The first kappa shape index (κ1) is 12.6. The lowest BCUT2D eigenvalue weighted by Crippen LogP contribution is -2.41. The summed E-state index contributed by atoms with van der Waals surface area (Å²) in [5.74, 6) is 1.07. The highest BCUT2D eigenvalue weighted by Crippen LogP contribution is 2.25. The van der Waals surface area contributed by atoms with Crippen LogP contribution in [-0.4, -0.2) is 39.6 Å². The summed E-state index contributed by atoms with van der Waals surface area (Å²) < 4.78 is 11.9. The smallest absolute Gasteiger partial charge is 0.255 e. The molecule has 1 aromatic rings. The molecule has 0 aromatic heterocycles. The zero-order chi connectivity index (χ0) is 12.4. The second kappa shape index (κ2) is 5.18. The lowest BCUT2D eigenvalue weighted by molar-refractivity contribution is 0.0770. The molecular formula is C11H13BrN2O2S. The van der Waals surface area contributed by atoms with Gasteiger partial charge in [-0.25, -0.2) is 0 Å². The number of nitrogens with two attached hydrogens (primary N) is 1. The van der Waals surface area contributed by atoms with E-state index in [1.54, 1.807) is 23.1 Å². The molecule has 2 N–H and O–H groups in total. The average Bonchev–Trinajstić information content (AvgIpc) is 2.33. The standard InChI is InChI=1S/C11H13BrN2O2S/c12-10-8(2-1-3-9(10)13)11(15)14-4-6-17(16)7-5-14/h1-3H,4-7,13H2. The molecule has 1 aliphatic rings. The van der Waals surface area contributed by atoms with Gasteiger partial charge in [0.1, 0.15) is 0 Å². The van der Waals surface area contributed by atoms with Crippen molar-refractivity contribution in [3.05, 3.63) is 28.2 Å². The fourth-order valence-corrected chi connectivity index (χ4v) is 3.21. The van der Waals surface area contributed by atoms with Crippen LogP contribution in [0.1, 0.15) is 10.4 Å². The first-order valence-electron chi connectivity index (χ1n) is 5.28. The Balaban J connectivity index is 2.20. The number of halogens is 1. The third kappa shape index (κ3) is 2.69. The van der Waals surface area contributed by atoms with Gasteiger partial charge in [-0.15, -0.1) is 0 Å². The number of nitrogen functional groups attached to an aromatic ring is 1. The van der Waals surface area contributed by atoms with Gasteiger partial charge in [0, 0.05) is 41.1 Å². The van der Waals surface area contributed by atoms with Crippen molar-refractivity contribution in [1.82, 2.24) is 4.90 Å². The van der Waals surface area contributed by atoms with E-state index < -0.39 is 10.8 Å². The van der Waals surface area contributed by atoms with Crippen molar-refractivity contribution < 1.29 is 9.00 Å². The topological polar surface area (TPSA) is 63.4 Å². The fourth-order valence-electron chi connectivity index (χ4n) is 1.73. The summed E-state index contributed by atoms with van der Waals surface area (Å²) in [6.07, 6.45) is 0. The quantitative estimate of drug-likeness (QED) is 0.793. The van der Waals surface area contributed by atoms with Crippen LogP contribution in [0.2, 0.25) is 0 Å². The normalized spacial score (nSPS) is 17.1. The van der Waals surface area contributed by atoms with Crippen molar-refractivity contribution >= 4 is 38.3 Å². The Hall–Kier alpha value is -0.880. The van der Waals surface area contributed by atoms with E-state index in [0.29, 0.717) is 40.3 Å². The van der Waals surface area contributed by atoms with Gasteiger partial charge in [-0.1, -0.05) is 6.07 Å². The molecule has 0 unspecified atom stereocenters. The zero-order valence-corrected chi connectivity index (χ0v) is 11.6. The molecule has 0 bridgehead atoms. The minimum absolute atomic E-state index is 0.0547. The van der Waals surface area contributed by atoms with Gasteiger partial charge in [-0.2, -0.15) is 0 Å². The molecule has 1 heterocycles. The van der Waals surface area contributed by atoms with Crippen molar-refractivity contribution in [1.29, 1.82) is 0 Å². The van der Waals surface area contributed by atoms with Gasteiger partial charge in [-0.3, -0.25) is 9.00 Å². The van der Waals surface area contributed by atoms with Gasteiger partial charge in [0.2, 0.25) is 0 Å². The van der Waals surface area contributed by atoms with Gasteiger partial charge in [-0.05, 0) is 28.1 Å². The summed E-state index contributed by atoms with van der Waals surface area (Å²) >= 11 is 3.33. The van der Waals surface area contributed by atoms with Gasteiger partial charge in [0.15, 0.2) is 0 Å². The molecule has 1 amide bonds. The number of hydrogen-bond acceptors (Lipinski definition) is 3. The maximum absolute atomic E-state index is 12.2. The van der Waals surface area contributed by atoms with Crippen LogP contribution in [0.25, 0.3) is 0 Å². The number of benzene rings is 1. The van der Waals surface area contributed by atoms with E-state index >= 15 is 0 Å². The van der Waals surface area contributed by atoms with E-state index in [1.807, 2.05) is 0 Å². The molecule has 1 aromatic carbocycles. The molecular weight excluding hydrogens is 304 g/mol. The monoisotopic (exact) mass is 316 g/mol. The summed E-state index contributed by atoms with van der Waals surface area (Å²) in [6.45, 7) is 1.10. The SMILES string of the molecule is Nc1cccc(C(=O)N2CCS(=O)CC2)c1Br. The maximum Gasteiger partial charge on any atom is 0.255 e. The van der Waals surface area contributed by atoms with E-state index in [9.17, 15) is 9.00 Å². The van der Waals surface area contributed by atoms with Crippen LogP contribution in [0.3, 0.4) is 0 Å². The van der Waals surface area contributed by atoms with E-state index in [2.05, 4.69) is 15.9 Å². The predicted octanol–water partition coefficient (Wildman–Crippen LogP) is 1.24. The Morgan fingerprint density at radius 3 is 2.65 bits per heavy atom. The third-order valence-corrected chi connectivity index (χ3v) is 4.88. The molecule has 0 spiro atoms. The third-order valence-electron chi connectivity index (χ3n) is 2.72. The summed E-state index contributed by atoms with van der Waals surface area (Å²) in [4.78, 5) is 13.9. The van der Waals surface area contributed by atoms with Gasteiger partial charge in [0.25, 0.3) is 5.91 Å². The zero-order valence-electron chi connectivity index (χ0n) is 9.19. The number of carbonyl (C=O) groups excluding carboxylic acids is 1. The van der Waals surface area contributed by atoms with Gasteiger partial charge < -0.3 is 10.6 Å². The molecule has 0 aliphatic carbocycles. The number of rotatable bonds is 1. The first-order valence-corrected chi connectivity index (χ1v) is 7.56. The Bertz CT molecular complexity index is 469. The van der Waals surface area contributed by atoms with Gasteiger partial charge in [0.05, 0.1) is 10.0 Å². The van der Waals surface area contributed by atoms with Crippen LogP contribution >= 0.6 is 15.9 Å². The van der Waals surface area contributed by atoms with Crippen LogP contribution in [0, 0.1) is 0 Å². The Morgan fingerprint density at radius 2 is 2.00 bits per heavy atom. The highest BCUT2D eigenvalue weighted by molar-refractivity contribution is 9.10. The van der Waals surface area contributed by atoms with Crippen LogP contribution in [-0.2, 0) is 10.8 Å². The minimum atomic E-state index is -0.774. The van der Waals surface area contributed by atoms with Crippen molar-refractivity contribution in [2.75, 3.05) is 30.3 Å². The number of carbonyl (C=O) groups is 1. The summed E-state index contributed by atoms with van der Waals surface area (Å²) in [5, 5.41) is 0. The lowest BCUT2D eigenvalue weighted by Gasteiger charge is -2.26. The van der Waals surface area contributed by atoms with Crippen molar-refractivity contribution in [2.24, 2.45) is 0 Å². The Kier molecular flexibility index (Phi) is 3.83. The second-order valence-electron chi connectivity index (χ2n) is 3.85. The van der Waals surface area contributed by atoms with Gasteiger partial charge >= 0.3 is 0 Å². The molecule has 1 fully saturated rings. The predicted molar refractivity (Wildman–Crippen MR) is 72.3 cm³/mol. The second-order valence-corrected chi connectivity index (χ2v) is 6.34. The molecule has 92 valence electrons. The van der Waals surface area contributed by atoms with Crippen molar-refractivity contribution in [2.45, 2.75) is 0 Å². The summed E-state index contributed by atoms with van der Waals surface area (Å²) in [7, 11) is -0.774. The van der Waals surface area contributed by atoms with Crippen molar-refractivity contribution in [3.8, 4) is 0 Å². The van der Waals surface area contributed by atoms with Crippen LogP contribution in [0.5, 0.6) is 0 Å². The molecule has 1 aliphatic heterocycles. The molecule has 4 nitrogen and oxygen atoms in total. The van der Waals surface area contributed by atoms with E-state index in [0.717, 1.165) is 0 Å². The molecule has 0 atom stereocenters. The molecule has 6 heteroatoms. The molecule has 2 rings (SSSR count). The highest BCUT2D eigenvalue weighted by Gasteiger charge is 2.23. The van der Waals surface area contributed by atoms with Crippen LogP contribution < -0.4 is 5.73 Å². The van der Waals surface area contributed by atoms with Crippen LogP contribution in [0.15, 0.2) is 22.7 Å². The average molecular weight is 317 g/mol. The van der Waals surface area contributed by atoms with Crippen molar-refractivity contribution in [3.63, 3.8) is 0 Å². The largest absolute Gasteiger partial charge is 0.398 e. The number of nitrogens with zero attached hydrogens (tertiary/aromatic N) is 1. The van der Waals surface area contributed by atoms with E-state index in [-0.39, 0.29) is 5.91 Å². The molecule has 0 radical (unpaired) electrons. The van der Waals surface area contributed by atoms with E-state index in [1.165, 1.54) is 0 Å². The Labute approximate surface area is 111 Å². The molecule has 0 saturated carbocycles. The van der Waals surface area contributed by atoms with E-state index in [4.69, 9.17) is 5.73 Å². The number of hydrogen-bond donors (Lipinski definition) is 1. The number of anilines is 1. The molecule has 17 heavy (non-hydrogen) atoms. The molecule has 1 saturated heterocycles. The first-order chi connectivity index (χ1) is 8.09. The maximum atomic E-state index is 12.2. The highest BCUT2D eigenvalue weighted by atomic mass is 79.9. The summed E-state index contributed by atoms with van der Waals surface area (Å²) in [6, 6.07) is 5.25. The minimum Gasteiger partial charge on any atom is -0.398 e. The lowest BCUT2D eigenvalue weighted by atomic mass is 10.1. The van der Waals surface area contributed by atoms with Crippen LogP contribution in [0.4, 0.5) is 5.69 Å². The fraction of sp³-hybridized carbons (Fsp3) is 0.364.